The Kier molecular flexibility index (Phi) is 6.34. The summed E-state index contributed by atoms with van der Waals surface area (Å²) in [6.07, 6.45) is 0.724. The van der Waals surface area contributed by atoms with Crippen LogP contribution in [0.2, 0.25) is 5.02 Å². The van der Waals surface area contributed by atoms with Crippen LogP contribution < -0.4 is 16.4 Å². The number of halogens is 1. The fourth-order valence-electron chi connectivity index (χ4n) is 3.44. The average Bonchev–Trinajstić information content (AvgIpc) is 3.29. The van der Waals surface area contributed by atoms with Crippen molar-refractivity contribution in [2.24, 2.45) is 0 Å². The zero-order valence-electron chi connectivity index (χ0n) is 16.6. The Hall–Kier alpha value is -3.16. The molecule has 0 bridgehead atoms. The number of amides is 1. The first-order valence-electron chi connectivity index (χ1n) is 9.79. The van der Waals surface area contributed by atoms with Crippen LogP contribution in [0.25, 0.3) is 11.0 Å². The topological polar surface area (TPSA) is 73.1 Å². The highest BCUT2D eigenvalue weighted by atomic mass is 35.5. The van der Waals surface area contributed by atoms with Crippen LogP contribution in [0, 0.1) is 0 Å². The molecule has 31 heavy (non-hydrogen) atoms. The van der Waals surface area contributed by atoms with Crippen LogP contribution >= 0.6 is 22.9 Å². The Morgan fingerprint density at radius 3 is 2.26 bits per heavy atom. The number of hydrogen-bond donors (Lipinski definition) is 1. The molecule has 0 fully saturated rings. The van der Waals surface area contributed by atoms with Crippen LogP contribution in [0.1, 0.15) is 10.4 Å². The van der Waals surface area contributed by atoms with Crippen molar-refractivity contribution in [3.8, 4) is 0 Å². The van der Waals surface area contributed by atoms with Gasteiger partial charge in [0, 0.05) is 16.4 Å². The summed E-state index contributed by atoms with van der Waals surface area (Å²) in [4.78, 5) is 39.4. The molecule has 0 aliphatic rings. The summed E-state index contributed by atoms with van der Waals surface area (Å²) in [5.41, 5.74) is 0.587. The Bertz CT molecular complexity index is 1330. The molecule has 0 radical (unpaired) electrons. The van der Waals surface area contributed by atoms with Gasteiger partial charge >= 0.3 is 11.1 Å². The maximum Gasteiger partial charge on any atom is 0.317 e. The Balaban J connectivity index is 1.61. The second-order valence-electron chi connectivity index (χ2n) is 7.08. The first-order valence-corrected chi connectivity index (χ1v) is 11.0. The van der Waals surface area contributed by atoms with Crippen LogP contribution in [0.3, 0.4) is 0 Å². The number of fused-ring (bicyclic) bond motifs is 1. The number of carbonyl (C=O) groups excluding carboxylic acids is 1. The van der Waals surface area contributed by atoms with Gasteiger partial charge in [-0.15, -0.1) is 11.3 Å². The number of rotatable bonds is 7. The van der Waals surface area contributed by atoms with Crippen LogP contribution in [0.5, 0.6) is 0 Å². The highest BCUT2D eigenvalue weighted by Crippen LogP contribution is 2.14. The van der Waals surface area contributed by atoms with E-state index in [0.29, 0.717) is 22.6 Å². The van der Waals surface area contributed by atoms with Crippen molar-refractivity contribution in [2.45, 2.75) is 19.5 Å². The fraction of sp³-hybridized carbons (Fsp3) is 0.174. The van der Waals surface area contributed by atoms with Crippen molar-refractivity contribution in [3.63, 3.8) is 0 Å². The molecule has 0 unspecified atom stereocenters. The number of para-hydroxylation sites is 2. The van der Waals surface area contributed by atoms with Crippen molar-refractivity contribution in [1.82, 2.24) is 14.5 Å². The van der Waals surface area contributed by atoms with Gasteiger partial charge in [0.15, 0.2) is 0 Å². The van der Waals surface area contributed by atoms with E-state index in [2.05, 4.69) is 5.32 Å². The predicted octanol–water partition coefficient (Wildman–Crippen LogP) is 3.29. The third kappa shape index (κ3) is 4.78. The molecule has 0 aliphatic heterocycles. The lowest BCUT2D eigenvalue weighted by molar-refractivity contribution is -0.121. The summed E-state index contributed by atoms with van der Waals surface area (Å²) in [5.74, 6) is -0.307. The monoisotopic (exact) mass is 453 g/mol. The van der Waals surface area contributed by atoms with E-state index in [0.717, 1.165) is 12.0 Å². The lowest BCUT2D eigenvalue weighted by Gasteiger charge is -2.15. The smallest absolute Gasteiger partial charge is 0.317 e. The minimum Gasteiger partial charge on any atom is -0.354 e. The third-order valence-electron chi connectivity index (χ3n) is 4.97. The number of aromatic nitrogens is 2. The molecule has 2 aromatic heterocycles. The molecule has 8 heteroatoms. The van der Waals surface area contributed by atoms with Crippen LogP contribution in [0.4, 0.5) is 0 Å². The molecule has 158 valence electrons. The van der Waals surface area contributed by atoms with Crippen LogP contribution in [0.15, 0.2) is 75.6 Å². The summed E-state index contributed by atoms with van der Waals surface area (Å²) >= 11 is 7.57. The number of benzene rings is 2. The van der Waals surface area contributed by atoms with Crippen molar-refractivity contribution >= 4 is 39.9 Å². The standard InChI is InChI=1S/C23H20ClN3O3S/c24-17-9-7-16(8-10-17)14-26-19-5-1-2-6-20(19)27(23(30)22(26)29)15-21(28)25-12-11-18-4-3-13-31-18/h1-10,13H,11-12,14-15H2,(H,25,28). The molecule has 4 rings (SSSR count). The molecule has 0 spiro atoms. The SMILES string of the molecule is O=C(Cn1c(=O)c(=O)n(Cc2ccc(Cl)cc2)c2ccccc21)NCCc1cccs1. The molecular weight excluding hydrogens is 434 g/mol. The molecule has 2 aromatic carbocycles. The van der Waals surface area contributed by atoms with Gasteiger partial charge in [-0.3, -0.25) is 23.5 Å². The molecule has 0 saturated carbocycles. The highest BCUT2D eigenvalue weighted by Gasteiger charge is 2.15. The van der Waals surface area contributed by atoms with Gasteiger partial charge in [0.1, 0.15) is 6.54 Å². The Morgan fingerprint density at radius 1 is 0.903 bits per heavy atom. The number of nitrogens with one attached hydrogen (secondary N) is 1. The second-order valence-corrected chi connectivity index (χ2v) is 8.55. The van der Waals surface area contributed by atoms with Gasteiger partial charge < -0.3 is 5.32 Å². The van der Waals surface area contributed by atoms with Gasteiger partial charge in [-0.2, -0.15) is 0 Å². The van der Waals surface area contributed by atoms with Gasteiger partial charge in [0.05, 0.1) is 17.6 Å². The zero-order chi connectivity index (χ0) is 21.8. The first kappa shape index (κ1) is 21.1. The molecular formula is C23H20ClN3O3S. The van der Waals surface area contributed by atoms with Crippen molar-refractivity contribution < 1.29 is 4.79 Å². The van der Waals surface area contributed by atoms with Crippen molar-refractivity contribution in [3.05, 3.63) is 102 Å². The van der Waals surface area contributed by atoms with Gasteiger partial charge in [-0.05, 0) is 47.7 Å². The molecule has 0 aliphatic carbocycles. The van der Waals surface area contributed by atoms with E-state index in [9.17, 15) is 14.4 Å². The van der Waals surface area contributed by atoms with Crippen LogP contribution in [-0.4, -0.2) is 21.6 Å². The Morgan fingerprint density at radius 2 is 1.58 bits per heavy atom. The lowest BCUT2D eigenvalue weighted by Crippen LogP contribution is -2.44. The number of hydrogen-bond acceptors (Lipinski definition) is 4. The fourth-order valence-corrected chi connectivity index (χ4v) is 4.27. The van der Waals surface area contributed by atoms with Gasteiger partial charge in [-0.1, -0.05) is 41.9 Å². The van der Waals surface area contributed by atoms with Gasteiger partial charge in [0.2, 0.25) is 5.91 Å². The van der Waals surface area contributed by atoms with E-state index in [1.165, 1.54) is 14.0 Å². The lowest BCUT2D eigenvalue weighted by atomic mass is 10.2. The van der Waals surface area contributed by atoms with E-state index < -0.39 is 11.1 Å². The van der Waals surface area contributed by atoms with E-state index >= 15 is 0 Å². The maximum absolute atomic E-state index is 12.9. The van der Waals surface area contributed by atoms with E-state index in [1.807, 2.05) is 29.6 Å². The molecule has 6 nitrogen and oxygen atoms in total. The summed E-state index contributed by atoms with van der Waals surface area (Å²) in [6, 6.07) is 18.2. The summed E-state index contributed by atoms with van der Waals surface area (Å²) in [7, 11) is 0. The quantitative estimate of drug-likeness (QED) is 0.436. The highest BCUT2D eigenvalue weighted by molar-refractivity contribution is 7.09. The van der Waals surface area contributed by atoms with E-state index in [4.69, 9.17) is 11.6 Å². The molecule has 0 atom stereocenters. The molecule has 4 aromatic rings. The summed E-state index contributed by atoms with van der Waals surface area (Å²) in [5, 5.41) is 5.41. The predicted molar refractivity (Wildman–Crippen MR) is 124 cm³/mol. The van der Waals surface area contributed by atoms with Gasteiger partial charge in [0.25, 0.3) is 0 Å². The number of thiophene rings is 1. The normalized spacial score (nSPS) is 11.0. The molecule has 1 N–H and O–H groups in total. The molecule has 0 saturated heterocycles. The minimum absolute atomic E-state index is 0.208. The van der Waals surface area contributed by atoms with Crippen molar-refractivity contribution in [1.29, 1.82) is 0 Å². The number of carbonyl (C=O) groups is 1. The molecule has 1 amide bonds. The van der Waals surface area contributed by atoms with Crippen LogP contribution in [-0.2, 0) is 24.3 Å². The molecule has 2 heterocycles. The third-order valence-corrected chi connectivity index (χ3v) is 6.15. The summed E-state index contributed by atoms with van der Waals surface area (Å²) < 4.78 is 2.68. The first-order chi connectivity index (χ1) is 15.0. The maximum atomic E-state index is 12.9. The Labute approximate surface area is 187 Å². The van der Waals surface area contributed by atoms with Gasteiger partial charge in [-0.25, -0.2) is 0 Å². The average molecular weight is 454 g/mol. The minimum atomic E-state index is -0.721. The number of nitrogens with zero attached hydrogens (tertiary/aromatic N) is 2. The van der Waals surface area contributed by atoms with E-state index in [-0.39, 0.29) is 19.0 Å². The van der Waals surface area contributed by atoms with Crippen molar-refractivity contribution in [2.75, 3.05) is 6.54 Å². The largest absolute Gasteiger partial charge is 0.354 e. The van der Waals surface area contributed by atoms with E-state index in [1.54, 1.807) is 47.7 Å². The zero-order valence-corrected chi connectivity index (χ0v) is 18.2. The summed E-state index contributed by atoms with van der Waals surface area (Å²) in [6.45, 7) is 0.500. The second kappa shape index (κ2) is 9.32.